The van der Waals surface area contributed by atoms with Crippen LogP contribution < -0.4 is 23.9 Å². The van der Waals surface area contributed by atoms with Crippen molar-refractivity contribution in [1.82, 2.24) is 9.99 Å². The van der Waals surface area contributed by atoms with Crippen molar-refractivity contribution < 1.29 is 27.4 Å². The van der Waals surface area contributed by atoms with Gasteiger partial charge in [-0.2, -0.15) is 5.10 Å². The lowest BCUT2D eigenvalue weighted by Gasteiger charge is -2.24. The molecular formula is C31H34N4O6S. The average Bonchev–Trinajstić information content (AvgIpc) is 3.28. The zero-order valence-electron chi connectivity index (χ0n) is 24.2. The van der Waals surface area contributed by atoms with Crippen molar-refractivity contribution >= 4 is 27.8 Å². The minimum absolute atomic E-state index is 0.0707. The standard InChI is InChI=1S/C31H34N4O6S/c1-6-41-27-14-12-25(13-15-27)34(42(37,38)28-16-17-29(39-4)30(19-28)40-5)21-31(36)33-32-20-24-18-22(2)35(23(24)3)26-10-8-7-9-11-26/h7-20H,6,21H2,1-5H3,(H,33,36)/b32-20-. The Labute approximate surface area is 246 Å². The fraction of sp³-hybridized carbons (Fsp3) is 0.226. The Morgan fingerprint density at radius 3 is 2.29 bits per heavy atom. The van der Waals surface area contributed by atoms with E-state index in [0.29, 0.717) is 18.1 Å². The first kappa shape index (κ1) is 30.2. The van der Waals surface area contributed by atoms with Crippen molar-refractivity contribution in [3.05, 3.63) is 95.8 Å². The summed E-state index contributed by atoms with van der Waals surface area (Å²) in [7, 11) is -1.33. The second kappa shape index (κ2) is 13.3. The van der Waals surface area contributed by atoms with Gasteiger partial charge >= 0.3 is 0 Å². The summed E-state index contributed by atoms with van der Waals surface area (Å²) in [5.41, 5.74) is 6.54. The lowest BCUT2D eigenvalue weighted by atomic mass is 10.2. The van der Waals surface area contributed by atoms with Crippen molar-refractivity contribution in [3.63, 3.8) is 0 Å². The predicted octanol–water partition coefficient (Wildman–Crippen LogP) is 4.86. The Balaban J connectivity index is 1.59. The van der Waals surface area contributed by atoms with Gasteiger partial charge in [0, 0.05) is 28.7 Å². The van der Waals surface area contributed by atoms with E-state index in [1.54, 1.807) is 30.5 Å². The summed E-state index contributed by atoms with van der Waals surface area (Å²) < 4.78 is 46.8. The molecule has 10 nitrogen and oxygen atoms in total. The van der Waals surface area contributed by atoms with Crippen LogP contribution in [0.3, 0.4) is 0 Å². The summed E-state index contributed by atoms with van der Waals surface area (Å²) in [6, 6.07) is 22.6. The van der Waals surface area contributed by atoms with Crippen molar-refractivity contribution in [3.8, 4) is 22.9 Å². The van der Waals surface area contributed by atoms with Gasteiger partial charge in [-0.25, -0.2) is 13.8 Å². The molecular weight excluding hydrogens is 556 g/mol. The number of nitrogens with zero attached hydrogens (tertiary/aromatic N) is 3. The SMILES string of the molecule is CCOc1ccc(N(CC(=O)N/N=C\c2cc(C)n(-c3ccccc3)c2C)S(=O)(=O)c2ccc(OC)c(OC)c2)cc1. The van der Waals surface area contributed by atoms with Gasteiger partial charge in [-0.05, 0) is 75.4 Å². The number of hydrogen-bond donors (Lipinski definition) is 1. The number of hydrazone groups is 1. The number of methoxy groups -OCH3 is 2. The van der Waals surface area contributed by atoms with Gasteiger partial charge < -0.3 is 18.8 Å². The van der Waals surface area contributed by atoms with E-state index in [1.165, 1.54) is 32.4 Å². The number of aryl methyl sites for hydroxylation is 1. The van der Waals surface area contributed by atoms with E-state index >= 15 is 0 Å². The van der Waals surface area contributed by atoms with Crippen LogP contribution in [0.25, 0.3) is 5.69 Å². The zero-order chi connectivity index (χ0) is 30.3. The fourth-order valence-corrected chi connectivity index (χ4v) is 5.96. The summed E-state index contributed by atoms with van der Waals surface area (Å²) in [6.45, 7) is 5.74. The smallest absolute Gasteiger partial charge is 0.264 e. The lowest BCUT2D eigenvalue weighted by molar-refractivity contribution is -0.119. The highest BCUT2D eigenvalue weighted by Gasteiger charge is 2.28. The molecule has 1 heterocycles. The van der Waals surface area contributed by atoms with Crippen LogP contribution >= 0.6 is 0 Å². The van der Waals surface area contributed by atoms with Crippen LogP contribution in [0.5, 0.6) is 17.2 Å². The Hall–Kier alpha value is -4.77. The summed E-state index contributed by atoms with van der Waals surface area (Å²) in [4.78, 5) is 13.0. The molecule has 0 fully saturated rings. The van der Waals surface area contributed by atoms with E-state index in [0.717, 1.165) is 26.9 Å². The number of para-hydroxylation sites is 1. The third-order valence-electron chi connectivity index (χ3n) is 6.54. The first-order valence-electron chi connectivity index (χ1n) is 13.2. The fourth-order valence-electron chi connectivity index (χ4n) is 4.53. The Bertz CT molecular complexity index is 1670. The summed E-state index contributed by atoms with van der Waals surface area (Å²) >= 11 is 0. The van der Waals surface area contributed by atoms with Crippen LogP contribution in [-0.4, -0.2) is 52.5 Å². The van der Waals surface area contributed by atoms with E-state index in [4.69, 9.17) is 14.2 Å². The van der Waals surface area contributed by atoms with Crippen LogP contribution in [-0.2, 0) is 14.8 Å². The molecule has 4 aromatic rings. The van der Waals surface area contributed by atoms with Gasteiger partial charge in [0.25, 0.3) is 15.9 Å². The third-order valence-corrected chi connectivity index (χ3v) is 8.31. The number of nitrogens with one attached hydrogen (secondary N) is 1. The topological polar surface area (TPSA) is 111 Å². The molecule has 11 heteroatoms. The van der Waals surface area contributed by atoms with Crippen molar-refractivity contribution in [2.45, 2.75) is 25.7 Å². The van der Waals surface area contributed by atoms with E-state index in [2.05, 4.69) is 15.1 Å². The van der Waals surface area contributed by atoms with Crippen LogP contribution in [0.4, 0.5) is 5.69 Å². The van der Waals surface area contributed by atoms with Gasteiger partial charge in [-0.15, -0.1) is 0 Å². The quantitative estimate of drug-likeness (QED) is 0.186. The largest absolute Gasteiger partial charge is 0.494 e. The Morgan fingerprint density at radius 1 is 0.952 bits per heavy atom. The highest BCUT2D eigenvalue weighted by Crippen LogP contribution is 2.32. The zero-order valence-corrected chi connectivity index (χ0v) is 25.0. The second-order valence-corrected chi connectivity index (χ2v) is 11.1. The van der Waals surface area contributed by atoms with Crippen LogP contribution in [0.2, 0.25) is 0 Å². The summed E-state index contributed by atoms with van der Waals surface area (Å²) in [5.74, 6) is 0.572. The van der Waals surface area contributed by atoms with E-state index in [1.807, 2.05) is 57.2 Å². The van der Waals surface area contributed by atoms with Gasteiger partial charge in [-0.1, -0.05) is 18.2 Å². The van der Waals surface area contributed by atoms with Gasteiger partial charge in [0.05, 0.1) is 37.6 Å². The van der Waals surface area contributed by atoms with Crippen LogP contribution in [0.15, 0.2) is 88.9 Å². The molecule has 4 rings (SSSR count). The first-order valence-corrected chi connectivity index (χ1v) is 14.7. The number of rotatable bonds is 12. The lowest BCUT2D eigenvalue weighted by Crippen LogP contribution is -2.39. The molecule has 42 heavy (non-hydrogen) atoms. The molecule has 0 spiro atoms. The predicted molar refractivity (Wildman–Crippen MR) is 163 cm³/mol. The molecule has 3 aromatic carbocycles. The maximum atomic E-state index is 13.8. The molecule has 0 saturated carbocycles. The summed E-state index contributed by atoms with van der Waals surface area (Å²) in [6.07, 6.45) is 1.55. The minimum atomic E-state index is -4.21. The normalized spacial score (nSPS) is 11.4. The number of anilines is 1. The average molecular weight is 591 g/mol. The number of carbonyl (C=O) groups excluding carboxylic acids is 1. The van der Waals surface area contributed by atoms with Gasteiger partial charge in [0.15, 0.2) is 11.5 Å². The second-order valence-electron chi connectivity index (χ2n) is 9.25. The van der Waals surface area contributed by atoms with Crippen LogP contribution in [0, 0.1) is 13.8 Å². The monoisotopic (exact) mass is 590 g/mol. The molecule has 0 atom stereocenters. The third kappa shape index (κ3) is 6.58. The number of aromatic nitrogens is 1. The first-order chi connectivity index (χ1) is 20.2. The van der Waals surface area contributed by atoms with Crippen molar-refractivity contribution in [2.75, 3.05) is 31.7 Å². The van der Waals surface area contributed by atoms with Gasteiger partial charge in [0.1, 0.15) is 12.3 Å². The van der Waals surface area contributed by atoms with Crippen LogP contribution in [0.1, 0.15) is 23.9 Å². The molecule has 1 amide bonds. The number of carbonyl (C=O) groups is 1. The maximum Gasteiger partial charge on any atom is 0.264 e. The number of sulfonamides is 1. The van der Waals surface area contributed by atoms with Gasteiger partial charge in [-0.3, -0.25) is 9.10 Å². The molecule has 220 valence electrons. The van der Waals surface area contributed by atoms with E-state index in [-0.39, 0.29) is 16.3 Å². The molecule has 0 aliphatic rings. The maximum absolute atomic E-state index is 13.8. The van der Waals surface area contributed by atoms with E-state index in [9.17, 15) is 13.2 Å². The highest BCUT2D eigenvalue weighted by molar-refractivity contribution is 7.92. The number of hydrogen-bond acceptors (Lipinski definition) is 7. The number of ether oxygens (including phenoxy) is 3. The molecule has 1 N–H and O–H groups in total. The molecule has 0 aliphatic carbocycles. The van der Waals surface area contributed by atoms with E-state index < -0.39 is 22.5 Å². The molecule has 0 aliphatic heterocycles. The molecule has 1 aromatic heterocycles. The molecule has 0 radical (unpaired) electrons. The molecule has 0 bridgehead atoms. The summed E-state index contributed by atoms with van der Waals surface area (Å²) in [5, 5.41) is 4.12. The minimum Gasteiger partial charge on any atom is -0.494 e. The Kier molecular flexibility index (Phi) is 9.53. The molecule has 0 saturated heterocycles. The number of benzene rings is 3. The highest BCUT2D eigenvalue weighted by atomic mass is 32.2. The van der Waals surface area contributed by atoms with Gasteiger partial charge in [0.2, 0.25) is 0 Å². The van der Waals surface area contributed by atoms with Crippen molar-refractivity contribution in [2.24, 2.45) is 5.10 Å². The Morgan fingerprint density at radius 2 is 1.64 bits per heavy atom. The number of amides is 1. The molecule has 0 unspecified atom stereocenters. The van der Waals surface area contributed by atoms with Crippen molar-refractivity contribution in [1.29, 1.82) is 0 Å².